The number of fused-ring (bicyclic) bond motifs is 2. The summed E-state index contributed by atoms with van der Waals surface area (Å²) >= 11 is 0. The lowest BCUT2D eigenvalue weighted by Gasteiger charge is -2.43. The van der Waals surface area contributed by atoms with Gasteiger partial charge in [0.25, 0.3) is 5.91 Å². The lowest BCUT2D eigenvalue weighted by atomic mass is 9.87. The molecule has 0 aliphatic carbocycles. The van der Waals surface area contributed by atoms with Crippen molar-refractivity contribution in [3.8, 4) is 11.5 Å². The largest absolute Gasteiger partial charge is 0.530 e. The van der Waals surface area contributed by atoms with Crippen LogP contribution < -0.4 is 19.9 Å². The van der Waals surface area contributed by atoms with E-state index in [0.29, 0.717) is 55.9 Å². The molecule has 286 valence electrons. The average molecular weight is 751 g/mol. The summed E-state index contributed by atoms with van der Waals surface area (Å²) in [5, 5.41) is 28.0. The number of sulfonamides is 1. The number of aliphatic hydroxyl groups excluding tert-OH is 1. The van der Waals surface area contributed by atoms with Gasteiger partial charge in [0.2, 0.25) is 16.8 Å². The van der Waals surface area contributed by atoms with Crippen LogP contribution in [-0.2, 0) is 25.9 Å². The van der Waals surface area contributed by atoms with E-state index in [-0.39, 0.29) is 43.1 Å². The zero-order valence-corrected chi connectivity index (χ0v) is 30.9. The van der Waals surface area contributed by atoms with E-state index in [1.165, 1.54) is 22.5 Å². The lowest BCUT2D eigenvalue weighted by Crippen LogP contribution is -2.61. The smallest absolute Gasteiger partial charge is 0.251 e. The minimum absolute atomic E-state index is 0.0195. The molecule has 14 heteroatoms. The number of hydrogen-bond acceptors (Lipinski definition) is 10. The zero-order valence-electron chi connectivity index (χ0n) is 30.1. The molecule has 2 amide bonds. The molecular weight excluding hydrogens is 703 g/mol. The summed E-state index contributed by atoms with van der Waals surface area (Å²) in [4.78, 5) is 26.6. The molecule has 3 aliphatic rings. The predicted molar refractivity (Wildman–Crippen MR) is 192 cm³/mol. The van der Waals surface area contributed by atoms with Crippen molar-refractivity contribution in [1.82, 2.24) is 14.5 Å². The highest BCUT2D eigenvalue weighted by molar-refractivity contribution is 7.89. The van der Waals surface area contributed by atoms with Crippen LogP contribution in [0.25, 0.3) is 0 Å². The highest BCUT2D eigenvalue weighted by atomic mass is 32.2. The van der Waals surface area contributed by atoms with E-state index < -0.39 is 52.6 Å². The molecule has 5 atom stereocenters. The number of aliphatic hydroxyl groups is 1. The molecule has 2 fully saturated rings. The van der Waals surface area contributed by atoms with E-state index in [1.54, 1.807) is 24.3 Å². The molecule has 6 rings (SSSR count). The molecule has 3 aromatic rings. The van der Waals surface area contributed by atoms with Crippen LogP contribution in [0.15, 0.2) is 83.8 Å². The van der Waals surface area contributed by atoms with E-state index in [2.05, 4.69) is 5.32 Å². The topological polar surface area (TPSA) is 167 Å². The van der Waals surface area contributed by atoms with Crippen molar-refractivity contribution < 1.29 is 47.2 Å². The minimum Gasteiger partial charge on any atom is -0.530 e. The monoisotopic (exact) mass is 750 g/mol. The Morgan fingerprint density at radius 2 is 1.70 bits per heavy atom. The van der Waals surface area contributed by atoms with Gasteiger partial charge in [0.05, 0.1) is 36.3 Å². The number of rotatable bonds is 17. The number of carbonyl (C=O) groups is 2. The molecule has 0 saturated carbocycles. The summed E-state index contributed by atoms with van der Waals surface area (Å²) < 4.78 is 52.6. The molecule has 3 aliphatic heterocycles. The predicted octanol–water partition coefficient (Wildman–Crippen LogP) is 3.41. The Labute approximate surface area is 310 Å². The van der Waals surface area contributed by atoms with Gasteiger partial charge in [-0.25, -0.2) is 8.42 Å². The van der Waals surface area contributed by atoms with Crippen LogP contribution in [0.1, 0.15) is 55.5 Å². The van der Waals surface area contributed by atoms with Crippen molar-refractivity contribution in [2.75, 3.05) is 39.6 Å². The summed E-state index contributed by atoms with van der Waals surface area (Å²) in [5.74, 6) is 0.317. The fourth-order valence-electron chi connectivity index (χ4n) is 7.46. The first-order chi connectivity index (χ1) is 25.4. The molecule has 0 aromatic heterocycles. The third kappa shape index (κ3) is 9.30. The molecule has 2 saturated heterocycles. The van der Waals surface area contributed by atoms with Crippen LogP contribution in [0.5, 0.6) is 11.5 Å². The summed E-state index contributed by atoms with van der Waals surface area (Å²) in [7, 11) is -4.26. The van der Waals surface area contributed by atoms with Crippen LogP contribution in [-0.4, -0.2) is 98.8 Å². The van der Waals surface area contributed by atoms with Gasteiger partial charge in [0.1, 0.15) is 6.09 Å². The molecule has 2 N–H and O–H groups in total. The average Bonchev–Trinajstić information content (AvgIpc) is 3.90. The van der Waals surface area contributed by atoms with Crippen LogP contribution >= 0.6 is 0 Å². The quantitative estimate of drug-likeness (QED) is 0.195. The number of ether oxygens (including phenoxy) is 4. The van der Waals surface area contributed by atoms with Crippen LogP contribution in [0.4, 0.5) is 4.79 Å². The second-order valence-electron chi connectivity index (χ2n) is 14.6. The fourth-order valence-corrected chi connectivity index (χ4v) is 9.13. The van der Waals surface area contributed by atoms with Crippen molar-refractivity contribution in [2.45, 2.75) is 75.3 Å². The van der Waals surface area contributed by atoms with Crippen molar-refractivity contribution in [3.63, 3.8) is 0 Å². The maximum absolute atomic E-state index is 14.5. The van der Waals surface area contributed by atoms with Gasteiger partial charge in [-0.15, -0.1) is 0 Å². The summed E-state index contributed by atoms with van der Waals surface area (Å²) in [6.07, 6.45) is -0.801. The van der Waals surface area contributed by atoms with E-state index >= 15 is 0 Å². The Balaban J connectivity index is 1.23. The van der Waals surface area contributed by atoms with Gasteiger partial charge in [-0.3, -0.25) is 4.79 Å². The van der Waals surface area contributed by atoms with Crippen LogP contribution in [0.2, 0.25) is 0 Å². The number of amides is 2. The van der Waals surface area contributed by atoms with Crippen LogP contribution in [0, 0.1) is 11.3 Å². The summed E-state index contributed by atoms with van der Waals surface area (Å²) in [6, 6.07) is 20.8. The van der Waals surface area contributed by atoms with Crippen molar-refractivity contribution in [1.29, 1.82) is 0 Å². The standard InChI is InChI=1S/C39H49N3O10S/c1-39(2,18-9-10-19-40-36(44)28-13-7-4-8-14-28)25-41(53(47,48)29-15-16-34-35(22-29)52-26-51-34)23-33(43)31(21-27-11-5-3-6-12-27)42(38(45)46)32-24-50-37-30(32)17-20-49-37/h3-8,11-16,22,30-33,37,43H,9-10,17-21,23-26H2,1-2H3,(H,40,44)(H,45,46)/p-1/t30-,31-,32-,33+,37+/m0/s1. The number of carboxylic acid groups (broad SMARTS) is 1. The Bertz CT molecular complexity index is 1810. The van der Waals surface area contributed by atoms with Gasteiger partial charge < -0.3 is 44.2 Å². The van der Waals surface area contributed by atoms with E-state index in [1.807, 2.05) is 50.2 Å². The lowest BCUT2D eigenvalue weighted by molar-refractivity contribution is -0.273. The van der Waals surface area contributed by atoms with Crippen molar-refractivity contribution in [2.24, 2.45) is 11.3 Å². The highest BCUT2D eigenvalue weighted by Gasteiger charge is 2.47. The first-order valence-electron chi connectivity index (χ1n) is 18.1. The Morgan fingerprint density at radius 1 is 0.981 bits per heavy atom. The maximum atomic E-state index is 14.5. The SMILES string of the molecule is CC(C)(CCCCNC(=O)c1ccccc1)CN(C[C@@H](O)[C@H](Cc1ccccc1)N(C(=O)[O-])[C@H]1CO[C@H]2OCC[C@H]21)S(=O)(=O)c1ccc2c(c1)OCO2. The number of nitrogens with zero attached hydrogens (tertiary/aromatic N) is 2. The van der Waals surface area contributed by atoms with Gasteiger partial charge in [-0.05, 0) is 60.9 Å². The highest BCUT2D eigenvalue weighted by Crippen LogP contribution is 2.38. The van der Waals surface area contributed by atoms with Gasteiger partial charge in [-0.2, -0.15) is 4.31 Å². The van der Waals surface area contributed by atoms with Gasteiger partial charge in [0, 0.05) is 37.2 Å². The second kappa shape index (κ2) is 16.9. The third-order valence-electron chi connectivity index (χ3n) is 10.2. The first-order valence-corrected chi connectivity index (χ1v) is 19.5. The molecule has 13 nitrogen and oxygen atoms in total. The number of unbranched alkanes of at least 4 members (excludes halogenated alkanes) is 1. The molecule has 0 radical (unpaired) electrons. The number of hydrogen-bond donors (Lipinski definition) is 2. The first kappa shape index (κ1) is 38.5. The second-order valence-corrected chi connectivity index (χ2v) is 16.6. The molecule has 53 heavy (non-hydrogen) atoms. The normalized spacial score (nSPS) is 20.6. The van der Waals surface area contributed by atoms with E-state index in [4.69, 9.17) is 18.9 Å². The third-order valence-corrected chi connectivity index (χ3v) is 12.1. The van der Waals surface area contributed by atoms with Gasteiger partial charge in [-0.1, -0.05) is 68.8 Å². The van der Waals surface area contributed by atoms with E-state index in [0.717, 1.165) is 10.5 Å². The van der Waals surface area contributed by atoms with Gasteiger partial charge >= 0.3 is 0 Å². The number of benzene rings is 3. The number of nitrogens with one attached hydrogen (secondary N) is 1. The zero-order chi connectivity index (χ0) is 37.6. The molecule has 0 unspecified atom stereocenters. The Hall–Kier alpha value is -4.21. The minimum atomic E-state index is -4.26. The molecular formula is C39H48N3O10S-. The van der Waals surface area contributed by atoms with Gasteiger partial charge in [0.15, 0.2) is 17.8 Å². The fraction of sp³-hybridized carbons (Fsp3) is 0.487. The van der Waals surface area contributed by atoms with Crippen molar-refractivity contribution >= 4 is 22.0 Å². The summed E-state index contributed by atoms with van der Waals surface area (Å²) in [5.41, 5.74) is 0.768. The van der Waals surface area contributed by atoms with E-state index in [9.17, 15) is 28.2 Å². The molecule has 3 aromatic carbocycles. The Morgan fingerprint density at radius 3 is 2.43 bits per heavy atom. The summed E-state index contributed by atoms with van der Waals surface area (Å²) in [6.45, 7) is 4.45. The Kier molecular flexibility index (Phi) is 12.2. The van der Waals surface area contributed by atoms with Crippen LogP contribution in [0.3, 0.4) is 0 Å². The molecule has 0 spiro atoms. The molecule has 3 heterocycles. The van der Waals surface area contributed by atoms with Crippen molar-refractivity contribution in [3.05, 3.63) is 90.0 Å². The number of carbonyl (C=O) groups excluding carboxylic acids is 2. The molecule has 0 bridgehead atoms. The maximum Gasteiger partial charge on any atom is 0.251 e.